The first kappa shape index (κ1) is 18.1. The minimum absolute atomic E-state index is 0.0314. The van der Waals surface area contributed by atoms with Gasteiger partial charge in [0.2, 0.25) is 0 Å². The number of methoxy groups -OCH3 is 1. The van der Waals surface area contributed by atoms with E-state index >= 15 is 0 Å². The van der Waals surface area contributed by atoms with Crippen LogP contribution >= 0.6 is 0 Å². The number of rotatable bonds is 6. The van der Waals surface area contributed by atoms with Crippen molar-refractivity contribution in [2.45, 2.75) is 38.3 Å². The summed E-state index contributed by atoms with van der Waals surface area (Å²) in [6, 6.07) is 4.78. The minimum Gasteiger partial charge on any atom is -0.493 e. The van der Waals surface area contributed by atoms with Gasteiger partial charge in [-0.05, 0) is 32.0 Å². The summed E-state index contributed by atoms with van der Waals surface area (Å²) < 4.78 is 16.1. The molecule has 0 spiro atoms. The zero-order chi connectivity index (χ0) is 17.7. The first-order valence-electron chi connectivity index (χ1n) is 7.86. The second-order valence-electron chi connectivity index (χ2n) is 5.99. The number of carbonyl (C=O) groups is 2. The first-order chi connectivity index (χ1) is 11.4. The second-order valence-corrected chi connectivity index (χ2v) is 5.99. The number of hydrogen-bond acceptors (Lipinski definition) is 5. The van der Waals surface area contributed by atoms with E-state index in [0.717, 1.165) is 0 Å². The fraction of sp³-hybridized carbons (Fsp3) is 0.529. The topological polar surface area (TPSA) is 94.1 Å². The average molecular weight is 337 g/mol. The summed E-state index contributed by atoms with van der Waals surface area (Å²) in [5.41, 5.74) is -0.981. The van der Waals surface area contributed by atoms with Crippen LogP contribution in [0.4, 0.5) is 0 Å². The van der Waals surface area contributed by atoms with Crippen LogP contribution in [0, 0.1) is 0 Å². The molecule has 0 bridgehead atoms. The predicted molar refractivity (Wildman–Crippen MR) is 86.6 cm³/mol. The van der Waals surface area contributed by atoms with E-state index in [1.165, 1.54) is 7.11 Å². The van der Waals surface area contributed by atoms with Gasteiger partial charge in [0.25, 0.3) is 5.91 Å². The van der Waals surface area contributed by atoms with E-state index in [-0.39, 0.29) is 18.9 Å². The molecule has 132 valence electrons. The highest BCUT2D eigenvalue weighted by atomic mass is 16.5. The van der Waals surface area contributed by atoms with Crippen LogP contribution in [0.2, 0.25) is 0 Å². The molecule has 0 aromatic heterocycles. The van der Waals surface area contributed by atoms with Crippen LogP contribution in [0.5, 0.6) is 11.5 Å². The van der Waals surface area contributed by atoms with Crippen molar-refractivity contribution in [3.63, 3.8) is 0 Å². The van der Waals surface area contributed by atoms with Gasteiger partial charge < -0.3 is 24.6 Å². The Hall–Kier alpha value is -2.28. The van der Waals surface area contributed by atoms with Crippen molar-refractivity contribution in [1.29, 1.82) is 0 Å². The highest BCUT2D eigenvalue weighted by molar-refractivity contribution is 5.98. The van der Waals surface area contributed by atoms with Crippen LogP contribution in [0.3, 0.4) is 0 Å². The maximum Gasteiger partial charge on any atom is 0.329 e. The van der Waals surface area contributed by atoms with Crippen LogP contribution in [0.1, 0.15) is 37.0 Å². The van der Waals surface area contributed by atoms with Gasteiger partial charge in [-0.3, -0.25) is 4.79 Å². The maximum absolute atomic E-state index is 12.5. The number of benzene rings is 1. The molecule has 1 aliphatic rings. The molecule has 0 atom stereocenters. The molecule has 2 rings (SSSR count). The number of ether oxygens (including phenoxy) is 3. The van der Waals surface area contributed by atoms with E-state index in [9.17, 15) is 14.7 Å². The molecule has 24 heavy (non-hydrogen) atoms. The molecule has 0 unspecified atom stereocenters. The predicted octanol–water partition coefficient (Wildman–Crippen LogP) is 1.85. The van der Waals surface area contributed by atoms with Crippen LogP contribution < -0.4 is 14.8 Å². The third-order valence-electron chi connectivity index (χ3n) is 3.90. The molecular formula is C17H23NO6. The van der Waals surface area contributed by atoms with Crippen LogP contribution in [0.25, 0.3) is 0 Å². The number of carboxylic acid groups (broad SMARTS) is 1. The molecule has 1 aromatic carbocycles. The van der Waals surface area contributed by atoms with E-state index in [2.05, 4.69) is 5.32 Å². The molecule has 1 saturated heterocycles. The Kier molecular flexibility index (Phi) is 5.66. The van der Waals surface area contributed by atoms with Crippen LogP contribution in [-0.4, -0.2) is 48.9 Å². The molecule has 0 saturated carbocycles. The lowest BCUT2D eigenvalue weighted by atomic mass is 9.89. The quantitative estimate of drug-likeness (QED) is 0.823. The number of nitrogens with one attached hydrogen (secondary N) is 1. The number of aliphatic carboxylic acids is 1. The monoisotopic (exact) mass is 337 g/mol. The molecular weight excluding hydrogens is 314 g/mol. The van der Waals surface area contributed by atoms with Crippen molar-refractivity contribution >= 4 is 11.9 Å². The van der Waals surface area contributed by atoms with E-state index in [1.54, 1.807) is 18.2 Å². The van der Waals surface area contributed by atoms with E-state index in [1.807, 2.05) is 13.8 Å². The Labute approximate surface area is 140 Å². The van der Waals surface area contributed by atoms with Gasteiger partial charge in [-0.2, -0.15) is 0 Å². The Bertz CT molecular complexity index is 607. The van der Waals surface area contributed by atoms with Crippen molar-refractivity contribution in [2.75, 3.05) is 20.3 Å². The molecule has 1 aromatic rings. The van der Waals surface area contributed by atoms with Gasteiger partial charge in [-0.25, -0.2) is 4.79 Å². The minimum atomic E-state index is -1.30. The van der Waals surface area contributed by atoms with Crippen molar-refractivity contribution in [3.05, 3.63) is 23.8 Å². The number of carbonyl (C=O) groups excluding carboxylic acids is 1. The Balaban J connectivity index is 2.21. The van der Waals surface area contributed by atoms with Crippen molar-refractivity contribution in [2.24, 2.45) is 0 Å². The zero-order valence-corrected chi connectivity index (χ0v) is 14.1. The Morgan fingerprint density at radius 3 is 2.46 bits per heavy atom. The van der Waals surface area contributed by atoms with Gasteiger partial charge in [-0.1, -0.05) is 0 Å². The van der Waals surface area contributed by atoms with Crippen LogP contribution in [-0.2, 0) is 9.53 Å². The summed E-state index contributed by atoms with van der Waals surface area (Å²) in [4.78, 5) is 24.1. The lowest BCUT2D eigenvalue weighted by molar-refractivity contribution is -0.148. The molecule has 7 nitrogen and oxygen atoms in total. The maximum atomic E-state index is 12.5. The van der Waals surface area contributed by atoms with Crippen molar-refractivity contribution < 1.29 is 28.9 Å². The summed E-state index contributed by atoms with van der Waals surface area (Å²) in [7, 11) is 1.49. The molecule has 0 aliphatic carbocycles. The Morgan fingerprint density at radius 1 is 1.25 bits per heavy atom. The number of amides is 1. The third-order valence-corrected chi connectivity index (χ3v) is 3.90. The molecule has 1 fully saturated rings. The molecule has 2 N–H and O–H groups in total. The first-order valence-corrected chi connectivity index (χ1v) is 7.86. The highest BCUT2D eigenvalue weighted by Crippen LogP contribution is 2.29. The van der Waals surface area contributed by atoms with Crippen molar-refractivity contribution in [1.82, 2.24) is 5.32 Å². The van der Waals surface area contributed by atoms with Gasteiger partial charge in [0, 0.05) is 31.6 Å². The van der Waals surface area contributed by atoms with Gasteiger partial charge in [-0.15, -0.1) is 0 Å². The summed E-state index contributed by atoms with van der Waals surface area (Å²) in [6.45, 7) is 4.39. The van der Waals surface area contributed by atoms with Gasteiger partial charge in [0.05, 0.1) is 13.2 Å². The molecule has 0 radical (unpaired) electrons. The van der Waals surface area contributed by atoms with Gasteiger partial charge in [0.1, 0.15) is 5.54 Å². The smallest absolute Gasteiger partial charge is 0.329 e. The van der Waals surface area contributed by atoms with Gasteiger partial charge in [0.15, 0.2) is 11.5 Å². The summed E-state index contributed by atoms with van der Waals surface area (Å²) in [6.07, 6.45) is 0.440. The van der Waals surface area contributed by atoms with Crippen molar-refractivity contribution in [3.8, 4) is 11.5 Å². The number of carboxylic acids is 1. The van der Waals surface area contributed by atoms with E-state index in [4.69, 9.17) is 14.2 Å². The largest absolute Gasteiger partial charge is 0.493 e. The summed E-state index contributed by atoms with van der Waals surface area (Å²) in [5, 5.41) is 12.2. The van der Waals surface area contributed by atoms with Crippen LogP contribution in [0.15, 0.2) is 18.2 Å². The van der Waals surface area contributed by atoms with E-state index in [0.29, 0.717) is 30.3 Å². The normalized spacial score (nSPS) is 16.5. The zero-order valence-electron chi connectivity index (χ0n) is 14.1. The second kappa shape index (κ2) is 7.53. The molecule has 7 heteroatoms. The third kappa shape index (κ3) is 3.97. The Morgan fingerprint density at radius 2 is 1.92 bits per heavy atom. The molecule has 1 amide bonds. The fourth-order valence-corrected chi connectivity index (χ4v) is 2.56. The molecule has 1 heterocycles. The SMILES string of the molecule is COc1cc(C(=O)NC2(C(=O)O)CCOCC2)ccc1OC(C)C. The standard InChI is InChI=1S/C17H23NO6/c1-11(2)24-13-5-4-12(10-14(13)22-3)15(19)18-17(16(20)21)6-8-23-9-7-17/h4-5,10-11H,6-9H2,1-3H3,(H,18,19)(H,20,21). The lowest BCUT2D eigenvalue weighted by Crippen LogP contribution is -2.57. The van der Waals surface area contributed by atoms with E-state index < -0.39 is 17.4 Å². The summed E-state index contributed by atoms with van der Waals surface area (Å²) in [5.74, 6) is -0.560. The summed E-state index contributed by atoms with van der Waals surface area (Å²) >= 11 is 0. The fourth-order valence-electron chi connectivity index (χ4n) is 2.56. The van der Waals surface area contributed by atoms with Gasteiger partial charge >= 0.3 is 5.97 Å². The highest BCUT2D eigenvalue weighted by Gasteiger charge is 2.41. The lowest BCUT2D eigenvalue weighted by Gasteiger charge is -2.33. The number of hydrogen-bond donors (Lipinski definition) is 2. The molecule has 1 aliphatic heterocycles. The average Bonchev–Trinajstić information content (AvgIpc) is 2.55.